The summed E-state index contributed by atoms with van der Waals surface area (Å²) in [6.07, 6.45) is 0. The van der Waals surface area contributed by atoms with Gasteiger partial charge in [-0.2, -0.15) is 0 Å². The molecule has 0 unspecified atom stereocenters. The molecule has 0 saturated carbocycles. The van der Waals surface area contributed by atoms with E-state index in [2.05, 4.69) is 0 Å². The summed E-state index contributed by atoms with van der Waals surface area (Å²) in [5.41, 5.74) is 0. The summed E-state index contributed by atoms with van der Waals surface area (Å²) in [6.45, 7) is 0. The molecule has 0 aliphatic heterocycles. The van der Waals surface area contributed by atoms with Crippen molar-refractivity contribution >= 4 is 0 Å². The topological polar surface area (TPSA) is 0 Å². The second kappa shape index (κ2) is 239. The van der Waals surface area contributed by atoms with Crippen molar-refractivity contribution in [3.63, 3.8) is 0 Å². The van der Waals surface area contributed by atoms with Gasteiger partial charge in [0.15, 0.2) is 0 Å². The second-order valence-corrected chi connectivity index (χ2v) is 0. The van der Waals surface area contributed by atoms with Gasteiger partial charge in [0.25, 0.3) is 0 Å². The van der Waals surface area contributed by atoms with E-state index in [1.54, 1.807) is 0 Å². The molecule has 0 saturated heterocycles. The molecule has 0 aromatic rings. The predicted molar refractivity (Wildman–Crippen MR) is 0 cm³/mol. The molecule has 0 spiro atoms. The standard InChI is InChI=1S/2Co.4FH/h;;4*1H/q2*+2;;;;/p-4. The van der Waals surface area contributed by atoms with E-state index in [4.69, 9.17) is 0 Å². The van der Waals surface area contributed by atoms with Gasteiger partial charge in [-0.25, -0.2) is 0 Å². The quantitative estimate of drug-likeness (QED) is 0.336. The minimum Gasteiger partial charge on any atom is -1.00 e. The van der Waals surface area contributed by atoms with Crippen LogP contribution >= 0.6 is 0 Å². The smallest absolute Gasteiger partial charge is 1.00 e. The number of hydrogen-bond donors (Lipinski definition) is 0. The van der Waals surface area contributed by atoms with Crippen LogP contribution < -0.4 is 18.8 Å². The van der Waals surface area contributed by atoms with E-state index in [0.29, 0.717) is 0 Å². The van der Waals surface area contributed by atoms with Crippen molar-refractivity contribution in [2.24, 2.45) is 0 Å². The molecule has 0 fully saturated rings. The van der Waals surface area contributed by atoms with Gasteiger partial charge < -0.3 is 18.8 Å². The average Bonchev–Trinajstić information content (AvgIpc) is 0. The fraction of sp³-hybridized carbons (Fsp3) is 0. The van der Waals surface area contributed by atoms with Gasteiger partial charge in [-0.3, -0.25) is 0 Å². The van der Waals surface area contributed by atoms with Crippen molar-refractivity contribution in [3.05, 3.63) is 0 Å². The van der Waals surface area contributed by atoms with Crippen molar-refractivity contribution in [2.75, 3.05) is 0 Å². The maximum Gasteiger partial charge on any atom is 2.00 e. The van der Waals surface area contributed by atoms with E-state index < -0.39 is 0 Å². The molecular weight excluding hydrogens is 194 g/mol. The Morgan fingerprint density at radius 2 is 0.333 bits per heavy atom. The van der Waals surface area contributed by atoms with E-state index >= 15 is 0 Å². The van der Waals surface area contributed by atoms with Crippen LogP contribution in [0, 0.1) is 0 Å². The Bertz CT molecular complexity index is 5.51. The van der Waals surface area contributed by atoms with Gasteiger partial charge in [-0.15, -0.1) is 0 Å². The summed E-state index contributed by atoms with van der Waals surface area (Å²) in [5, 5.41) is 0. The van der Waals surface area contributed by atoms with E-state index in [1.807, 2.05) is 0 Å². The molecule has 0 amide bonds. The molecule has 0 bridgehead atoms. The van der Waals surface area contributed by atoms with E-state index in [0.717, 1.165) is 0 Å². The van der Waals surface area contributed by atoms with E-state index in [9.17, 15) is 0 Å². The fourth-order valence-corrected chi connectivity index (χ4v) is 0. The fourth-order valence-electron chi connectivity index (χ4n) is 0. The van der Waals surface area contributed by atoms with Crippen LogP contribution in [-0.2, 0) is 33.6 Å². The van der Waals surface area contributed by atoms with Crippen molar-refractivity contribution in [3.8, 4) is 0 Å². The Hall–Kier alpha value is 0.733. The van der Waals surface area contributed by atoms with Crippen LogP contribution in [0.25, 0.3) is 0 Å². The van der Waals surface area contributed by atoms with E-state index in [1.165, 1.54) is 0 Å². The molecule has 0 N–H and O–H groups in total. The van der Waals surface area contributed by atoms with Gasteiger partial charge in [-0.05, 0) is 0 Å². The average molecular weight is 194 g/mol. The molecule has 0 aromatic carbocycles. The Morgan fingerprint density at radius 3 is 0.333 bits per heavy atom. The molecule has 0 aromatic heterocycles. The number of rotatable bonds is 0. The monoisotopic (exact) mass is 194 g/mol. The van der Waals surface area contributed by atoms with Crippen LogP contribution in [0.4, 0.5) is 0 Å². The first-order valence-electron chi connectivity index (χ1n) is 0. The first kappa shape index (κ1) is 412. The maximum atomic E-state index is 0. The molecule has 0 nitrogen and oxygen atoms in total. The molecule has 6 heteroatoms. The third-order valence-corrected chi connectivity index (χ3v) is 0. The zero-order chi connectivity index (χ0) is 0. The Kier molecular flexibility index (Phi) is 16400. The van der Waals surface area contributed by atoms with Crippen LogP contribution in [0.15, 0.2) is 0 Å². The van der Waals surface area contributed by atoms with Gasteiger partial charge in [0.05, 0.1) is 0 Å². The summed E-state index contributed by atoms with van der Waals surface area (Å²) in [6, 6.07) is 0. The van der Waals surface area contributed by atoms with Gasteiger partial charge in [0.1, 0.15) is 0 Å². The Morgan fingerprint density at radius 1 is 0.333 bits per heavy atom. The molecule has 2 radical (unpaired) electrons. The zero-order valence-corrected chi connectivity index (χ0v) is 4.26. The largest absolute Gasteiger partial charge is 2.00 e. The summed E-state index contributed by atoms with van der Waals surface area (Å²) < 4.78 is 0. The van der Waals surface area contributed by atoms with Crippen molar-refractivity contribution in [1.29, 1.82) is 0 Å². The normalized spacial score (nSPS) is 0. The Balaban J connectivity index is 0. The summed E-state index contributed by atoms with van der Waals surface area (Å²) >= 11 is 0. The van der Waals surface area contributed by atoms with Crippen LogP contribution in [0.5, 0.6) is 0 Å². The SMILES string of the molecule is [Co+2].[Co+2].[F-].[F-].[F-].[F-]. The zero-order valence-electron chi connectivity index (χ0n) is 2.18. The molecular formula is Co2F4. The molecule has 6 heavy (non-hydrogen) atoms. The molecule has 46 valence electrons. The van der Waals surface area contributed by atoms with Gasteiger partial charge >= 0.3 is 33.6 Å². The second-order valence-electron chi connectivity index (χ2n) is 0. The third-order valence-electron chi connectivity index (χ3n) is 0. The number of halogens is 4. The Labute approximate surface area is 52.9 Å². The van der Waals surface area contributed by atoms with E-state index in [-0.39, 0.29) is 52.4 Å². The molecule has 0 rings (SSSR count). The molecule has 0 aliphatic carbocycles. The molecule has 0 aliphatic rings. The summed E-state index contributed by atoms with van der Waals surface area (Å²) in [4.78, 5) is 0. The van der Waals surface area contributed by atoms with Gasteiger partial charge in [0.2, 0.25) is 0 Å². The first-order chi connectivity index (χ1) is 0. The third kappa shape index (κ3) is 123. The van der Waals surface area contributed by atoms with Gasteiger partial charge in [-0.1, -0.05) is 0 Å². The van der Waals surface area contributed by atoms with Crippen molar-refractivity contribution in [1.82, 2.24) is 0 Å². The van der Waals surface area contributed by atoms with Crippen LogP contribution in [0.1, 0.15) is 0 Å². The van der Waals surface area contributed by atoms with Gasteiger partial charge in [0, 0.05) is 0 Å². The minimum atomic E-state index is 0. The predicted octanol–water partition coefficient (Wildman–Crippen LogP) is -12.0. The molecule has 0 heterocycles. The van der Waals surface area contributed by atoms with Crippen molar-refractivity contribution in [2.45, 2.75) is 0 Å². The van der Waals surface area contributed by atoms with Crippen molar-refractivity contribution < 1.29 is 52.4 Å². The number of hydrogen-bond acceptors (Lipinski definition) is 0. The van der Waals surface area contributed by atoms with Crippen LogP contribution in [0.2, 0.25) is 0 Å². The summed E-state index contributed by atoms with van der Waals surface area (Å²) in [7, 11) is 0. The van der Waals surface area contributed by atoms with Crippen LogP contribution in [0.3, 0.4) is 0 Å². The van der Waals surface area contributed by atoms with Crippen LogP contribution in [-0.4, -0.2) is 0 Å². The minimum absolute atomic E-state index is 0. The summed E-state index contributed by atoms with van der Waals surface area (Å²) in [5.74, 6) is 0. The first-order valence-corrected chi connectivity index (χ1v) is 0. The maximum absolute atomic E-state index is 0. The molecule has 0 atom stereocenters.